The van der Waals surface area contributed by atoms with E-state index >= 15 is 0 Å². The van der Waals surface area contributed by atoms with E-state index in [0.29, 0.717) is 13.1 Å². The summed E-state index contributed by atoms with van der Waals surface area (Å²) in [5, 5.41) is 12.7. The number of carbonyl (C=O) groups is 1. The van der Waals surface area contributed by atoms with Gasteiger partial charge in [-0.15, -0.1) is 0 Å². The summed E-state index contributed by atoms with van der Waals surface area (Å²) >= 11 is 0. The molecule has 1 N–H and O–H groups in total. The molecule has 0 bridgehead atoms. The number of halogens is 2. The quantitative estimate of drug-likeness (QED) is 0.818. The van der Waals surface area contributed by atoms with Crippen molar-refractivity contribution in [2.75, 3.05) is 31.5 Å². The van der Waals surface area contributed by atoms with Crippen LogP contribution in [0.2, 0.25) is 0 Å². The molecular weight excluding hydrogens is 386 g/mol. The molecule has 7 heteroatoms. The van der Waals surface area contributed by atoms with Gasteiger partial charge in [0, 0.05) is 36.8 Å². The zero-order valence-electron chi connectivity index (χ0n) is 16.6. The summed E-state index contributed by atoms with van der Waals surface area (Å²) < 4.78 is 27.2. The second kappa shape index (κ2) is 8.41. The van der Waals surface area contributed by atoms with Crippen LogP contribution in [0.5, 0.6) is 0 Å². The van der Waals surface area contributed by atoms with Crippen LogP contribution in [0.3, 0.4) is 0 Å². The van der Waals surface area contributed by atoms with Gasteiger partial charge in [0.25, 0.3) is 5.92 Å². The van der Waals surface area contributed by atoms with Crippen LogP contribution in [0.4, 0.5) is 14.5 Å². The second-order valence-electron chi connectivity index (χ2n) is 8.00. The van der Waals surface area contributed by atoms with Gasteiger partial charge in [0.2, 0.25) is 5.91 Å². The Morgan fingerprint density at radius 3 is 2.67 bits per heavy atom. The van der Waals surface area contributed by atoms with Gasteiger partial charge in [-0.3, -0.25) is 9.69 Å². The molecule has 2 aromatic rings. The predicted octanol–water partition coefficient (Wildman–Crippen LogP) is 3.60. The molecule has 2 saturated heterocycles. The molecule has 0 saturated carbocycles. The Morgan fingerprint density at radius 1 is 1.17 bits per heavy atom. The number of carbonyl (C=O) groups excluding carboxylic acids is 1. The third-order valence-electron chi connectivity index (χ3n) is 5.74. The van der Waals surface area contributed by atoms with E-state index in [1.54, 1.807) is 0 Å². The summed E-state index contributed by atoms with van der Waals surface area (Å²) in [6.45, 7) is 0.755. The topological polar surface area (TPSA) is 59.4 Å². The number of hydrogen-bond donors (Lipinski definition) is 1. The maximum absolute atomic E-state index is 13.6. The number of rotatable bonds is 5. The molecule has 2 fully saturated rings. The van der Waals surface area contributed by atoms with Crippen molar-refractivity contribution in [2.45, 2.75) is 30.8 Å². The summed E-state index contributed by atoms with van der Waals surface area (Å²) in [5.41, 5.74) is 3.28. The predicted molar refractivity (Wildman–Crippen MR) is 111 cm³/mol. The van der Waals surface area contributed by atoms with Gasteiger partial charge in [-0.1, -0.05) is 48.5 Å². The zero-order valence-corrected chi connectivity index (χ0v) is 16.6. The first-order valence-corrected chi connectivity index (χ1v) is 10.2. The van der Waals surface area contributed by atoms with Crippen LogP contribution in [0, 0.1) is 11.3 Å². The molecule has 2 aliphatic heterocycles. The van der Waals surface area contributed by atoms with E-state index in [-0.39, 0.29) is 12.6 Å². The zero-order chi connectivity index (χ0) is 21.1. The van der Waals surface area contributed by atoms with Crippen molar-refractivity contribution in [2.24, 2.45) is 0 Å². The highest BCUT2D eigenvalue weighted by atomic mass is 19.3. The molecule has 0 aliphatic carbocycles. The number of nitrogens with one attached hydrogen (secondary N) is 1. The maximum Gasteiger partial charge on any atom is 0.268 e. The molecule has 2 aliphatic rings. The lowest BCUT2D eigenvalue weighted by Gasteiger charge is -2.23. The highest BCUT2D eigenvalue weighted by Crippen LogP contribution is 2.32. The molecule has 4 rings (SSSR count). The Hall–Kier alpha value is -2.98. The summed E-state index contributed by atoms with van der Waals surface area (Å²) in [6, 6.07) is 19.2. The summed E-state index contributed by atoms with van der Waals surface area (Å²) in [5.74, 6) is -3.38. The Kier molecular flexibility index (Phi) is 5.69. The number of nitrogens with zero attached hydrogens (tertiary/aromatic N) is 3. The molecule has 5 nitrogen and oxygen atoms in total. The first-order chi connectivity index (χ1) is 14.4. The van der Waals surface area contributed by atoms with Crippen LogP contribution in [0.15, 0.2) is 54.6 Å². The van der Waals surface area contributed by atoms with Crippen molar-refractivity contribution >= 4 is 11.6 Å². The van der Waals surface area contributed by atoms with E-state index in [0.717, 1.165) is 28.1 Å². The summed E-state index contributed by atoms with van der Waals surface area (Å²) in [7, 11) is 0. The van der Waals surface area contributed by atoms with Gasteiger partial charge in [0.15, 0.2) is 0 Å². The number of amides is 1. The molecule has 0 aromatic heterocycles. The molecular formula is C23H24F2N4O. The van der Waals surface area contributed by atoms with Gasteiger partial charge in [-0.05, 0) is 18.1 Å². The van der Waals surface area contributed by atoms with E-state index in [1.807, 2.05) is 47.4 Å². The average Bonchev–Trinajstić information content (AvgIpc) is 3.31. The number of benzene rings is 2. The number of para-hydroxylation sites is 1. The van der Waals surface area contributed by atoms with Crippen LogP contribution in [-0.2, 0) is 4.79 Å². The lowest BCUT2D eigenvalue weighted by molar-refractivity contribution is -0.133. The minimum Gasteiger partial charge on any atom is -0.380 e. The molecule has 2 heterocycles. The fourth-order valence-corrected chi connectivity index (χ4v) is 4.27. The van der Waals surface area contributed by atoms with Crippen molar-refractivity contribution in [3.8, 4) is 17.2 Å². The second-order valence-corrected chi connectivity index (χ2v) is 8.00. The van der Waals surface area contributed by atoms with Crippen molar-refractivity contribution < 1.29 is 13.6 Å². The molecule has 156 valence electrons. The highest BCUT2D eigenvalue weighted by Gasteiger charge is 2.47. The Labute approximate surface area is 174 Å². The van der Waals surface area contributed by atoms with E-state index in [1.165, 1.54) is 0 Å². The van der Waals surface area contributed by atoms with Gasteiger partial charge < -0.3 is 10.2 Å². The first-order valence-electron chi connectivity index (χ1n) is 10.2. The van der Waals surface area contributed by atoms with Crippen LogP contribution < -0.4 is 5.32 Å². The largest absolute Gasteiger partial charge is 0.380 e. The molecule has 0 spiro atoms. The monoisotopic (exact) mass is 410 g/mol. The molecule has 30 heavy (non-hydrogen) atoms. The van der Waals surface area contributed by atoms with Crippen LogP contribution in [-0.4, -0.2) is 59.9 Å². The number of alkyl halides is 2. The standard InChI is InChI=1S/C23H24F2N4O/c24-23(25)12-19(13-26)29(16-23)22(30)15-28-11-10-18(14-28)27-21-9-5-4-8-20(21)17-6-2-1-3-7-17/h1-9,18-19,27H,10-12,14-16H2. The smallest absolute Gasteiger partial charge is 0.268 e. The lowest BCUT2D eigenvalue weighted by Crippen LogP contribution is -2.43. The number of hydrogen-bond acceptors (Lipinski definition) is 4. The fourth-order valence-electron chi connectivity index (χ4n) is 4.27. The fraction of sp³-hybridized carbons (Fsp3) is 0.391. The maximum atomic E-state index is 13.6. The third kappa shape index (κ3) is 4.44. The lowest BCUT2D eigenvalue weighted by atomic mass is 10.0. The molecule has 0 radical (unpaired) electrons. The van der Waals surface area contributed by atoms with E-state index in [9.17, 15) is 13.6 Å². The van der Waals surface area contributed by atoms with Gasteiger partial charge in [-0.2, -0.15) is 5.26 Å². The normalized spacial score (nSPS) is 23.3. The van der Waals surface area contributed by atoms with E-state index < -0.39 is 30.8 Å². The Morgan fingerprint density at radius 2 is 1.90 bits per heavy atom. The molecule has 2 atom stereocenters. The summed E-state index contributed by atoms with van der Waals surface area (Å²) in [4.78, 5) is 15.5. The number of anilines is 1. The number of nitriles is 1. The van der Waals surface area contributed by atoms with Crippen molar-refractivity contribution in [1.29, 1.82) is 5.26 Å². The van der Waals surface area contributed by atoms with Crippen LogP contribution >= 0.6 is 0 Å². The van der Waals surface area contributed by atoms with Gasteiger partial charge in [0.05, 0.1) is 19.2 Å². The minimum atomic E-state index is -2.98. The third-order valence-corrected chi connectivity index (χ3v) is 5.74. The van der Waals surface area contributed by atoms with Gasteiger partial charge in [-0.25, -0.2) is 8.78 Å². The van der Waals surface area contributed by atoms with E-state index in [4.69, 9.17) is 5.26 Å². The highest BCUT2D eigenvalue weighted by molar-refractivity contribution is 5.80. The molecule has 2 unspecified atom stereocenters. The Bertz CT molecular complexity index is 944. The average molecular weight is 410 g/mol. The molecule has 1 amide bonds. The summed E-state index contributed by atoms with van der Waals surface area (Å²) in [6.07, 6.45) is 0.282. The van der Waals surface area contributed by atoms with Crippen molar-refractivity contribution in [1.82, 2.24) is 9.80 Å². The number of likely N-dealkylation sites (tertiary alicyclic amines) is 2. The SMILES string of the molecule is N#CC1CC(F)(F)CN1C(=O)CN1CCC(Nc2ccccc2-c2ccccc2)C1. The van der Waals surface area contributed by atoms with Crippen LogP contribution in [0.1, 0.15) is 12.8 Å². The molecule has 2 aromatic carbocycles. The Balaban J connectivity index is 1.37. The van der Waals surface area contributed by atoms with Gasteiger partial charge in [0.1, 0.15) is 6.04 Å². The van der Waals surface area contributed by atoms with Crippen molar-refractivity contribution in [3.05, 3.63) is 54.6 Å². The van der Waals surface area contributed by atoms with Crippen LogP contribution in [0.25, 0.3) is 11.1 Å². The van der Waals surface area contributed by atoms with Gasteiger partial charge >= 0.3 is 0 Å². The minimum absolute atomic E-state index is 0.0623. The first kappa shape index (κ1) is 20.3. The van der Waals surface area contributed by atoms with E-state index in [2.05, 4.69) is 23.5 Å². The van der Waals surface area contributed by atoms with Crippen molar-refractivity contribution in [3.63, 3.8) is 0 Å².